The molecule has 1 amide bonds. The van der Waals surface area contributed by atoms with Crippen LogP contribution in [-0.4, -0.2) is 64.0 Å². The number of para-hydroxylation sites is 1. The van der Waals surface area contributed by atoms with Gasteiger partial charge in [-0.3, -0.25) is 4.79 Å². The van der Waals surface area contributed by atoms with E-state index in [1.54, 1.807) is 54.5 Å². The summed E-state index contributed by atoms with van der Waals surface area (Å²) in [6, 6.07) is 8.49. The van der Waals surface area contributed by atoms with Crippen molar-refractivity contribution in [2.45, 2.75) is 72.1 Å². The summed E-state index contributed by atoms with van der Waals surface area (Å²) in [4.78, 5) is 47.3. The van der Waals surface area contributed by atoms with Gasteiger partial charge in [-0.1, -0.05) is 31.2 Å². The summed E-state index contributed by atoms with van der Waals surface area (Å²) in [7, 11) is 1.50. The van der Waals surface area contributed by atoms with E-state index in [0.717, 1.165) is 10.9 Å². The lowest BCUT2D eigenvalue weighted by molar-refractivity contribution is -0.114. The number of nitrogens with one attached hydrogen (secondary N) is 1. The Morgan fingerprint density at radius 3 is 2.36 bits per heavy atom. The van der Waals surface area contributed by atoms with Gasteiger partial charge in [-0.15, -0.1) is 0 Å². The van der Waals surface area contributed by atoms with Crippen molar-refractivity contribution in [3.05, 3.63) is 54.5 Å². The van der Waals surface area contributed by atoms with Gasteiger partial charge in [-0.05, 0) is 59.8 Å². The molecule has 3 rings (SSSR count). The first kappa shape index (κ1) is 32.3. The van der Waals surface area contributed by atoms with E-state index in [1.807, 2.05) is 30.3 Å². The fraction of sp³-hybridized carbons (Fsp3) is 0.452. The summed E-state index contributed by atoms with van der Waals surface area (Å²) in [6.07, 6.45) is 3.50. The van der Waals surface area contributed by atoms with Crippen molar-refractivity contribution in [1.82, 2.24) is 19.9 Å². The number of imidazole rings is 1. The third-order valence-corrected chi connectivity index (χ3v) is 5.64. The molecular weight excluding hydrogens is 540 g/mol. The summed E-state index contributed by atoms with van der Waals surface area (Å²) < 4.78 is 23.7. The monoisotopic (exact) mass is 580 g/mol. The maximum Gasteiger partial charge on any atom is 0.420 e. The van der Waals surface area contributed by atoms with Gasteiger partial charge in [0.1, 0.15) is 23.1 Å². The summed E-state index contributed by atoms with van der Waals surface area (Å²) in [5, 5.41) is 3.62. The first-order valence-electron chi connectivity index (χ1n) is 13.7. The molecule has 0 bridgehead atoms. The van der Waals surface area contributed by atoms with E-state index < -0.39 is 29.4 Å². The van der Waals surface area contributed by atoms with Crippen LogP contribution < -0.4 is 10.1 Å². The second-order valence-electron chi connectivity index (χ2n) is 11.5. The van der Waals surface area contributed by atoms with Gasteiger partial charge in [0.15, 0.2) is 5.78 Å². The van der Waals surface area contributed by atoms with E-state index in [9.17, 15) is 14.4 Å². The Balaban J connectivity index is 2.09. The summed E-state index contributed by atoms with van der Waals surface area (Å²) in [5.41, 5.74) is 0.0713. The highest BCUT2D eigenvalue weighted by molar-refractivity contribution is 5.89. The number of ketones is 1. The molecule has 0 fully saturated rings. The van der Waals surface area contributed by atoms with Crippen molar-refractivity contribution in [2.24, 2.45) is 0 Å². The van der Waals surface area contributed by atoms with E-state index in [0.29, 0.717) is 23.6 Å². The molecule has 0 aliphatic rings. The predicted octanol–water partition coefficient (Wildman–Crippen LogP) is 6.01. The minimum atomic E-state index is -0.934. The van der Waals surface area contributed by atoms with Gasteiger partial charge < -0.3 is 24.3 Å². The standard InChI is InChI=1S/C31H40N4O7/c1-9-21(36)14-12-16-40-19-25(34-28(37)41-30(2,3)4)26-32-24(18-35(26)29(38)42-31(5,6)7)22-17-20-13-10-11-15-23(20)33-27(22)39-8/h10-15,17-18,25H,9,16,19H2,1-8H3,(H,34,37). The van der Waals surface area contributed by atoms with Crippen LogP contribution in [0.3, 0.4) is 0 Å². The fourth-order valence-corrected chi connectivity index (χ4v) is 3.85. The van der Waals surface area contributed by atoms with E-state index in [2.05, 4.69) is 10.3 Å². The van der Waals surface area contributed by atoms with E-state index >= 15 is 0 Å². The number of amides is 1. The molecular formula is C31H40N4O7. The highest BCUT2D eigenvalue weighted by Crippen LogP contribution is 2.32. The van der Waals surface area contributed by atoms with Gasteiger partial charge in [-0.2, -0.15) is 0 Å². The van der Waals surface area contributed by atoms with Crippen molar-refractivity contribution in [3.63, 3.8) is 0 Å². The van der Waals surface area contributed by atoms with Crippen molar-refractivity contribution < 1.29 is 33.3 Å². The van der Waals surface area contributed by atoms with Crippen LogP contribution in [0.15, 0.2) is 48.7 Å². The molecule has 0 aliphatic carbocycles. The van der Waals surface area contributed by atoms with E-state index in [1.165, 1.54) is 23.9 Å². The molecule has 11 nitrogen and oxygen atoms in total. The Morgan fingerprint density at radius 2 is 1.71 bits per heavy atom. The van der Waals surface area contributed by atoms with Crippen molar-refractivity contribution in [1.29, 1.82) is 0 Å². The van der Waals surface area contributed by atoms with Gasteiger partial charge in [0.25, 0.3) is 0 Å². The molecule has 1 N–H and O–H groups in total. The second kappa shape index (κ2) is 13.6. The SMILES string of the molecule is CCC(=O)C=CCOCC(NC(=O)OC(C)(C)C)c1nc(-c2cc3ccccc3nc2OC)cn1C(=O)OC(C)(C)C. The molecule has 0 saturated carbocycles. The molecule has 2 aromatic heterocycles. The largest absolute Gasteiger partial charge is 0.480 e. The maximum atomic E-state index is 13.4. The highest BCUT2D eigenvalue weighted by Gasteiger charge is 2.30. The minimum Gasteiger partial charge on any atom is -0.480 e. The minimum absolute atomic E-state index is 0.0370. The number of alkyl carbamates (subject to hydrolysis) is 1. The zero-order valence-electron chi connectivity index (χ0n) is 25.5. The van der Waals surface area contributed by atoms with Crippen molar-refractivity contribution in [3.8, 4) is 17.1 Å². The molecule has 0 saturated heterocycles. The molecule has 3 aromatic rings. The molecule has 1 aromatic carbocycles. The van der Waals surface area contributed by atoms with Crippen LogP contribution >= 0.6 is 0 Å². The van der Waals surface area contributed by atoms with E-state index in [-0.39, 0.29) is 24.8 Å². The number of carbonyl (C=O) groups excluding carboxylic acids is 3. The molecule has 0 spiro atoms. The van der Waals surface area contributed by atoms with Crippen LogP contribution in [-0.2, 0) is 19.0 Å². The first-order valence-corrected chi connectivity index (χ1v) is 13.7. The van der Waals surface area contributed by atoms with Gasteiger partial charge in [0.2, 0.25) is 5.88 Å². The summed E-state index contributed by atoms with van der Waals surface area (Å²) in [6.45, 7) is 12.3. The van der Waals surface area contributed by atoms with Crippen LogP contribution in [0.1, 0.15) is 66.8 Å². The smallest absolute Gasteiger partial charge is 0.420 e. The number of methoxy groups -OCH3 is 1. The number of hydrogen-bond donors (Lipinski definition) is 1. The Morgan fingerprint density at radius 1 is 1.02 bits per heavy atom. The number of ether oxygens (including phenoxy) is 4. The number of allylic oxidation sites excluding steroid dienone is 1. The van der Waals surface area contributed by atoms with Crippen LogP contribution in [0.25, 0.3) is 22.2 Å². The number of aromatic nitrogens is 3. The number of hydrogen-bond acceptors (Lipinski definition) is 9. The molecule has 1 atom stereocenters. The van der Waals surface area contributed by atoms with Crippen LogP contribution in [0.2, 0.25) is 0 Å². The number of pyridine rings is 1. The topological polar surface area (TPSA) is 131 Å². The second-order valence-corrected chi connectivity index (χ2v) is 11.5. The third kappa shape index (κ3) is 9.13. The summed E-state index contributed by atoms with van der Waals surface area (Å²) >= 11 is 0. The number of nitrogens with zero attached hydrogens (tertiary/aromatic N) is 3. The lowest BCUT2D eigenvalue weighted by Crippen LogP contribution is -2.39. The zero-order valence-corrected chi connectivity index (χ0v) is 25.5. The normalized spacial score (nSPS) is 12.8. The predicted molar refractivity (Wildman–Crippen MR) is 159 cm³/mol. The third-order valence-electron chi connectivity index (χ3n) is 5.64. The molecule has 1 unspecified atom stereocenters. The highest BCUT2D eigenvalue weighted by atomic mass is 16.6. The average Bonchev–Trinajstić information content (AvgIpc) is 3.35. The maximum absolute atomic E-state index is 13.4. The molecule has 0 aliphatic heterocycles. The van der Waals surface area contributed by atoms with Gasteiger partial charge in [0.05, 0.1) is 37.1 Å². The quantitative estimate of drug-likeness (QED) is 0.226. The Hall–Kier alpha value is -4.25. The molecule has 0 radical (unpaired) electrons. The molecule has 11 heteroatoms. The molecule has 226 valence electrons. The number of benzene rings is 1. The van der Waals surface area contributed by atoms with Crippen LogP contribution in [0.5, 0.6) is 5.88 Å². The van der Waals surface area contributed by atoms with Crippen molar-refractivity contribution >= 4 is 28.9 Å². The Bertz CT molecular complexity index is 1450. The van der Waals surface area contributed by atoms with Crippen molar-refractivity contribution in [2.75, 3.05) is 20.3 Å². The summed E-state index contributed by atoms with van der Waals surface area (Å²) in [5.74, 6) is 0.423. The first-order chi connectivity index (χ1) is 19.7. The number of carbonyl (C=O) groups is 3. The van der Waals surface area contributed by atoms with Gasteiger partial charge >= 0.3 is 12.2 Å². The number of rotatable bonds is 10. The number of fused-ring (bicyclic) bond motifs is 1. The molecule has 42 heavy (non-hydrogen) atoms. The zero-order chi connectivity index (χ0) is 31.1. The van der Waals surface area contributed by atoms with Crippen LogP contribution in [0, 0.1) is 0 Å². The van der Waals surface area contributed by atoms with Gasteiger partial charge in [-0.25, -0.2) is 24.1 Å². The Labute approximate surface area is 246 Å². The Kier molecular flexibility index (Phi) is 10.5. The van der Waals surface area contributed by atoms with Gasteiger partial charge in [0, 0.05) is 18.0 Å². The lowest BCUT2D eigenvalue weighted by Gasteiger charge is -2.24. The van der Waals surface area contributed by atoms with Crippen LogP contribution in [0.4, 0.5) is 9.59 Å². The fourth-order valence-electron chi connectivity index (χ4n) is 3.85. The average molecular weight is 581 g/mol. The lowest BCUT2D eigenvalue weighted by atomic mass is 10.1. The molecule has 2 heterocycles. The van der Waals surface area contributed by atoms with E-state index in [4.69, 9.17) is 23.9 Å².